The SMILES string of the molecule is CCc1ccc(CNC(=NC)NCCN2CCN(C(C)=O)CC2)s1. The molecule has 0 saturated carbocycles. The Kier molecular flexibility index (Phi) is 7.52. The quantitative estimate of drug-likeness (QED) is 0.596. The number of guanidine groups is 1. The molecule has 24 heavy (non-hydrogen) atoms. The third-order valence-corrected chi connectivity index (χ3v) is 5.49. The predicted octanol–water partition coefficient (Wildman–Crippen LogP) is 1.14. The number of nitrogens with one attached hydrogen (secondary N) is 2. The normalized spacial score (nSPS) is 16.3. The van der Waals surface area contributed by atoms with E-state index in [-0.39, 0.29) is 5.91 Å². The molecule has 1 aliphatic rings. The largest absolute Gasteiger partial charge is 0.355 e. The molecule has 1 aliphatic heterocycles. The summed E-state index contributed by atoms with van der Waals surface area (Å²) in [5.74, 6) is 1.01. The van der Waals surface area contributed by atoms with Crippen LogP contribution < -0.4 is 10.6 Å². The molecule has 134 valence electrons. The molecule has 0 atom stereocenters. The fourth-order valence-electron chi connectivity index (χ4n) is 2.72. The van der Waals surface area contributed by atoms with Gasteiger partial charge in [0.1, 0.15) is 0 Å². The maximum absolute atomic E-state index is 11.3. The molecule has 0 radical (unpaired) electrons. The van der Waals surface area contributed by atoms with Gasteiger partial charge >= 0.3 is 0 Å². The molecule has 2 rings (SSSR count). The van der Waals surface area contributed by atoms with Crippen molar-refractivity contribution >= 4 is 23.2 Å². The summed E-state index contributed by atoms with van der Waals surface area (Å²) >= 11 is 1.85. The van der Waals surface area contributed by atoms with Crippen molar-refractivity contribution in [3.05, 3.63) is 21.9 Å². The highest BCUT2D eigenvalue weighted by molar-refractivity contribution is 7.11. The number of aliphatic imine (C=N–C) groups is 1. The van der Waals surface area contributed by atoms with Crippen molar-refractivity contribution in [2.75, 3.05) is 46.3 Å². The van der Waals surface area contributed by atoms with Crippen LogP contribution in [-0.2, 0) is 17.8 Å². The van der Waals surface area contributed by atoms with Crippen molar-refractivity contribution in [2.24, 2.45) is 4.99 Å². The second-order valence-corrected chi connectivity index (χ2v) is 7.17. The van der Waals surface area contributed by atoms with E-state index in [0.29, 0.717) is 0 Å². The van der Waals surface area contributed by atoms with Gasteiger partial charge in [0.2, 0.25) is 5.91 Å². The lowest BCUT2D eigenvalue weighted by molar-refractivity contribution is -0.130. The molecule has 1 aromatic heterocycles. The van der Waals surface area contributed by atoms with E-state index in [9.17, 15) is 4.79 Å². The highest BCUT2D eigenvalue weighted by Crippen LogP contribution is 2.16. The number of rotatable bonds is 6. The lowest BCUT2D eigenvalue weighted by Gasteiger charge is -2.34. The van der Waals surface area contributed by atoms with Gasteiger partial charge in [-0.1, -0.05) is 6.92 Å². The minimum atomic E-state index is 0.178. The van der Waals surface area contributed by atoms with E-state index in [1.165, 1.54) is 9.75 Å². The Labute approximate surface area is 148 Å². The van der Waals surface area contributed by atoms with E-state index in [2.05, 4.69) is 39.6 Å². The molecule has 0 unspecified atom stereocenters. The molecule has 2 N–H and O–H groups in total. The van der Waals surface area contributed by atoms with Crippen LogP contribution in [0.3, 0.4) is 0 Å². The minimum absolute atomic E-state index is 0.178. The van der Waals surface area contributed by atoms with Gasteiger partial charge in [0, 0.05) is 63.0 Å². The van der Waals surface area contributed by atoms with Crippen LogP contribution in [0.2, 0.25) is 0 Å². The zero-order valence-electron chi connectivity index (χ0n) is 15.0. The van der Waals surface area contributed by atoms with Crippen molar-refractivity contribution in [1.29, 1.82) is 0 Å². The van der Waals surface area contributed by atoms with Crippen molar-refractivity contribution in [1.82, 2.24) is 20.4 Å². The maximum atomic E-state index is 11.3. The Balaban J connectivity index is 1.64. The smallest absolute Gasteiger partial charge is 0.219 e. The van der Waals surface area contributed by atoms with Crippen molar-refractivity contribution in [3.63, 3.8) is 0 Å². The Morgan fingerprint density at radius 2 is 1.92 bits per heavy atom. The van der Waals surface area contributed by atoms with Crippen LogP contribution in [0.1, 0.15) is 23.6 Å². The Bertz CT molecular complexity index is 549. The number of amides is 1. The average molecular weight is 352 g/mol. The molecule has 7 heteroatoms. The van der Waals surface area contributed by atoms with Gasteiger partial charge in [-0.25, -0.2) is 0 Å². The summed E-state index contributed by atoms with van der Waals surface area (Å²) in [6, 6.07) is 4.37. The molecule has 0 spiro atoms. The Hall–Kier alpha value is -1.60. The van der Waals surface area contributed by atoms with E-state index in [1.54, 1.807) is 14.0 Å². The molecule has 0 bridgehead atoms. The average Bonchev–Trinajstić information content (AvgIpc) is 3.06. The molecule has 2 heterocycles. The number of nitrogens with zero attached hydrogens (tertiary/aromatic N) is 3. The monoisotopic (exact) mass is 351 g/mol. The number of thiophene rings is 1. The first-order chi connectivity index (χ1) is 11.6. The summed E-state index contributed by atoms with van der Waals surface area (Å²) < 4.78 is 0. The summed E-state index contributed by atoms with van der Waals surface area (Å²) in [5.41, 5.74) is 0. The van der Waals surface area contributed by atoms with Crippen molar-refractivity contribution < 1.29 is 4.79 Å². The van der Waals surface area contributed by atoms with Gasteiger partial charge in [0.05, 0.1) is 6.54 Å². The van der Waals surface area contributed by atoms with Crippen molar-refractivity contribution in [2.45, 2.75) is 26.8 Å². The molecule has 6 nitrogen and oxygen atoms in total. The van der Waals surface area contributed by atoms with Crippen LogP contribution in [0.5, 0.6) is 0 Å². The van der Waals surface area contributed by atoms with Crippen LogP contribution >= 0.6 is 11.3 Å². The van der Waals surface area contributed by atoms with Gasteiger partial charge in [-0.2, -0.15) is 0 Å². The lowest BCUT2D eigenvalue weighted by atomic mass is 10.3. The fourth-order valence-corrected chi connectivity index (χ4v) is 3.62. The molecule has 1 aromatic rings. The number of aryl methyl sites for hydroxylation is 1. The standard InChI is InChI=1S/C17H29N5OS/c1-4-15-5-6-16(24-15)13-20-17(18-3)19-7-8-21-9-11-22(12-10-21)14(2)23/h5-6H,4,7-13H2,1-3H3,(H2,18,19,20). The van der Waals surface area contributed by atoms with E-state index in [4.69, 9.17) is 0 Å². The van der Waals surface area contributed by atoms with E-state index < -0.39 is 0 Å². The van der Waals surface area contributed by atoms with Gasteiger partial charge < -0.3 is 15.5 Å². The first-order valence-corrected chi connectivity index (χ1v) is 9.44. The predicted molar refractivity (Wildman–Crippen MR) is 101 cm³/mol. The highest BCUT2D eigenvalue weighted by Gasteiger charge is 2.17. The first-order valence-electron chi connectivity index (χ1n) is 8.62. The van der Waals surface area contributed by atoms with Crippen LogP contribution in [0.4, 0.5) is 0 Å². The van der Waals surface area contributed by atoms with Gasteiger partial charge in [-0.3, -0.25) is 14.7 Å². The number of hydrogen-bond donors (Lipinski definition) is 2. The zero-order valence-corrected chi connectivity index (χ0v) is 15.8. The minimum Gasteiger partial charge on any atom is -0.355 e. The molecule has 0 aliphatic carbocycles. The van der Waals surface area contributed by atoms with Gasteiger partial charge in [-0.05, 0) is 18.6 Å². The van der Waals surface area contributed by atoms with Crippen LogP contribution in [0.15, 0.2) is 17.1 Å². The molecular formula is C17H29N5OS. The summed E-state index contributed by atoms with van der Waals surface area (Å²) in [6.07, 6.45) is 1.09. The Morgan fingerprint density at radius 3 is 2.50 bits per heavy atom. The zero-order chi connectivity index (χ0) is 17.4. The second kappa shape index (κ2) is 9.64. The van der Waals surface area contributed by atoms with E-state index >= 15 is 0 Å². The molecule has 1 amide bonds. The topological polar surface area (TPSA) is 60.0 Å². The fraction of sp³-hybridized carbons (Fsp3) is 0.647. The summed E-state index contributed by atoms with van der Waals surface area (Å²) in [4.78, 5) is 22.6. The maximum Gasteiger partial charge on any atom is 0.219 e. The summed E-state index contributed by atoms with van der Waals surface area (Å²) in [5, 5.41) is 6.72. The van der Waals surface area contributed by atoms with Crippen LogP contribution in [-0.4, -0.2) is 68.0 Å². The van der Waals surface area contributed by atoms with E-state index in [1.807, 2.05) is 16.2 Å². The second-order valence-electron chi connectivity index (χ2n) is 5.92. The molecule has 1 fully saturated rings. The van der Waals surface area contributed by atoms with Gasteiger partial charge in [-0.15, -0.1) is 11.3 Å². The van der Waals surface area contributed by atoms with Crippen LogP contribution in [0.25, 0.3) is 0 Å². The van der Waals surface area contributed by atoms with Crippen LogP contribution in [0, 0.1) is 0 Å². The molecular weight excluding hydrogens is 322 g/mol. The molecule has 0 aromatic carbocycles. The number of carbonyl (C=O) groups excluding carboxylic acids is 1. The number of hydrogen-bond acceptors (Lipinski definition) is 4. The highest BCUT2D eigenvalue weighted by atomic mass is 32.1. The molecule has 1 saturated heterocycles. The number of piperazine rings is 1. The third-order valence-electron chi connectivity index (χ3n) is 4.26. The summed E-state index contributed by atoms with van der Waals surface area (Å²) in [6.45, 7) is 10.0. The summed E-state index contributed by atoms with van der Waals surface area (Å²) in [7, 11) is 1.80. The first kappa shape index (κ1) is 18.7. The Morgan fingerprint density at radius 1 is 1.21 bits per heavy atom. The van der Waals surface area contributed by atoms with Gasteiger partial charge in [0.15, 0.2) is 5.96 Å². The van der Waals surface area contributed by atoms with Crippen molar-refractivity contribution in [3.8, 4) is 0 Å². The van der Waals surface area contributed by atoms with E-state index in [0.717, 1.165) is 58.2 Å². The lowest BCUT2D eigenvalue weighted by Crippen LogP contribution is -2.50. The third kappa shape index (κ3) is 5.79. The number of carbonyl (C=O) groups is 1. The van der Waals surface area contributed by atoms with Gasteiger partial charge in [0.25, 0.3) is 0 Å².